The lowest BCUT2D eigenvalue weighted by Crippen LogP contribution is -1.95. The quantitative estimate of drug-likeness (QED) is 0.634. The highest BCUT2D eigenvalue weighted by atomic mass is 35.5. The van der Waals surface area contributed by atoms with E-state index in [2.05, 4.69) is 15.3 Å². The zero-order chi connectivity index (χ0) is 12.4. The second kappa shape index (κ2) is 4.59. The Morgan fingerprint density at radius 3 is 2.35 bits per heavy atom. The molecule has 88 valence electrons. The monoisotopic (exact) mass is 249 g/mol. The number of hydrogen-bond acceptors (Lipinski definition) is 4. The fourth-order valence-electron chi connectivity index (χ4n) is 1.58. The van der Waals surface area contributed by atoms with Gasteiger partial charge < -0.3 is 10.4 Å². The number of nitrogens with zero attached hydrogens (tertiary/aromatic N) is 2. The fourth-order valence-corrected chi connectivity index (χ4v) is 1.72. The van der Waals surface area contributed by atoms with Crippen molar-refractivity contribution in [1.82, 2.24) is 9.97 Å². The van der Waals surface area contributed by atoms with E-state index in [-0.39, 0.29) is 0 Å². The van der Waals surface area contributed by atoms with Gasteiger partial charge in [-0.2, -0.15) is 0 Å². The molecule has 17 heavy (non-hydrogen) atoms. The minimum atomic E-state index is 0.316. The van der Waals surface area contributed by atoms with E-state index in [1.54, 1.807) is 6.07 Å². The summed E-state index contributed by atoms with van der Waals surface area (Å²) in [6, 6.07) is 5.33. The van der Waals surface area contributed by atoms with Gasteiger partial charge in [-0.25, -0.2) is 9.97 Å². The Hall–Kier alpha value is -1.81. The SMILES string of the molecule is Cc1cc(Nc2cc(Cl)ncn2)cc(C)c1O. The summed E-state index contributed by atoms with van der Waals surface area (Å²) >= 11 is 5.77. The molecule has 0 amide bonds. The summed E-state index contributed by atoms with van der Waals surface area (Å²) in [7, 11) is 0. The molecule has 0 unspecified atom stereocenters. The van der Waals surface area contributed by atoms with Gasteiger partial charge in [-0.3, -0.25) is 0 Å². The number of aromatic hydroxyl groups is 1. The van der Waals surface area contributed by atoms with Crippen LogP contribution in [0.25, 0.3) is 0 Å². The highest BCUT2D eigenvalue weighted by Crippen LogP contribution is 2.27. The van der Waals surface area contributed by atoms with Crippen molar-refractivity contribution in [1.29, 1.82) is 0 Å². The summed E-state index contributed by atoms with van der Waals surface area (Å²) in [6.45, 7) is 3.70. The molecule has 5 heteroatoms. The zero-order valence-electron chi connectivity index (χ0n) is 9.53. The van der Waals surface area contributed by atoms with E-state index in [1.165, 1.54) is 6.33 Å². The van der Waals surface area contributed by atoms with Crippen LogP contribution in [0, 0.1) is 13.8 Å². The summed E-state index contributed by atoms with van der Waals surface area (Å²) in [5, 5.41) is 13.2. The highest BCUT2D eigenvalue weighted by molar-refractivity contribution is 6.29. The topological polar surface area (TPSA) is 58.0 Å². The van der Waals surface area contributed by atoms with Crippen molar-refractivity contribution in [3.8, 4) is 5.75 Å². The van der Waals surface area contributed by atoms with Crippen LogP contribution in [0.2, 0.25) is 5.15 Å². The van der Waals surface area contributed by atoms with E-state index >= 15 is 0 Å². The number of phenols is 1. The van der Waals surface area contributed by atoms with Crippen molar-refractivity contribution < 1.29 is 5.11 Å². The summed E-state index contributed by atoms with van der Waals surface area (Å²) < 4.78 is 0. The molecule has 1 aromatic heterocycles. The number of rotatable bonds is 2. The van der Waals surface area contributed by atoms with Crippen LogP contribution in [-0.4, -0.2) is 15.1 Å². The van der Waals surface area contributed by atoms with E-state index in [0.717, 1.165) is 16.8 Å². The van der Waals surface area contributed by atoms with Crippen LogP contribution in [0.4, 0.5) is 11.5 Å². The second-order valence-corrected chi connectivity index (χ2v) is 4.20. The molecule has 0 aliphatic carbocycles. The van der Waals surface area contributed by atoms with Crippen LogP contribution in [-0.2, 0) is 0 Å². The Kier molecular flexibility index (Phi) is 3.15. The molecule has 1 heterocycles. The number of anilines is 2. The standard InChI is InChI=1S/C12H12ClN3O/c1-7-3-9(4-8(2)12(7)17)16-11-5-10(13)14-6-15-11/h3-6,17H,1-2H3,(H,14,15,16). The van der Waals surface area contributed by atoms with E-state index < -0.39 is 0 Å². The van der Waals surface area contributed by atoms with Crippen molar-refractivity contribution in [3.05, 3.63) is 40.8 Å². The summed E-state index contributed by atoms with van der Waals surface area (Å²) in [6.07, 6.45) is 1.39. The van der Waals surface area contributed by atoms with Crippen molar-refractivity contribution in [2.75, 3.05) is 5.32 Å². The summed E-state index contributed by atoms with van der Waals surface area (Å²) in [5.74, 6) is 0.936. The first-order valence-corrected chi connectivity index (χ1v) is 5.49. The molecule has 2 rings (SSSR count). The average molecular weight is 250 g/mol. The first-order valence-electron chi connectivity index (χ1n) is 5.11. The number of benzene rings is 1. The van der Waals surface area contributed by atoms with Crippen LogP contribution in [0.15, 0.2) is 24.5 Å². The maximum absolute atomic E-state index is 9.67. The van der Waals surface area contributed by atoms with E-state index in [9.17, 15) is 5.11 Å². The molecule has 0 aliphatic rings. The summed E-state index contributed by atoms with van der Waals surface area (Å²) in [5.41, 5.74) is 2.48. The van der Waals surface area contributed by atoms with Crippen molar-refractivity contribution in [3.63, 3.8) is 0 Å². The van der Waals surface area contributed by atoms with Gasteiger partial charge in [0, 0.05) is 11.8 Å². The van der Waals surface area contributed by atoms with Gasteiger partial charge in [0.15, 0.2) is 0 Å². The number of nitrogens with one attached hydrogen (secondary N) is 1. The number of phenolic OH excluding ortho intramolecular Hbond substituents is 1. The molecule has 0 fully saturated rings. The minimum absolute atomic E-state index is 0.316. The van der Waals surface area contributed by atoms with E-state index in [0.29, 0.717) is 16.7 Å². The fraction of sp³-hybridized carbons (Fsp3) is 0.167. The molecule has 0 spiro atoms. The van der Waals surface area contributed by atoms with Crippen molar-refractivity contribution in [2.45, 2.75) is 13.8 Å². The minimum Gasteiger partial charge on any atom is -0.507 e. The Balaban J connectivity index is 2.31. The molecule has 2 N–H and O–H groups in total. The largest absolute Gasteiger partial charge is 0.507 e. The third kappa shape index (κ3) is 2.65. The van der Waals surface area contributed by atoms with Gasteiger partial charge in [0.05, 0.1) is 0 Å². The smallest absolute Gasteiger partial charge is 0.135 e. The van der Waals surface area contributed by atoms with Gasteiger partial charge in [0.2, 0.25) is 0 Å². The Morgan fingerprint density at radius 2 is 1.76 bits per heavy atom. The van der Waals surface area contributed by atoms with E-state index in [1.807, 2.05) is 26.0 Å². The van der Waals surface area contributed by atoms with Crippen molar-refractivity contribution >= 4 is 23.1 Å². The molecule has 0 saturated carbocycles. The lowest BCUT2D eigenvalue weighted by Gasteiger charge is -2.09. The average Bonchev–Trinajstić information content (AvgIpc) is 2.26. The Morgan fingerprint density at radius 1 is 1.12 bits per heavy atom. The van der Waals surface area contributed by atoms with Gasteiger partial charge in [-0.05, 0) is 37.1 Å². The normalized spacial score (nSPS) is 10.3. The number of halogens is 1. The molecule has 4 nitrogen and oxygen atoms in total. The molecule has 0 bridgehead atoms. The molecular weight excluding hydrogens is 238 g/mol. The predicted molar refractivity (Wildman–Crippen MR) is 67.9 cm³/mol. The maximum atomic E-state index is 9.67. The molecule has 0 saturated heterocycles. The van der Waals surface area contributed by atoms with Crippen LogP contribution in [0.3, 0.4) is 0 Å². The Bertz CT molecular complexity index is 534. The number of aromatic nitrogens is 2. The van der Waals surface area contributed by atoms with Gasteiger partial charge in [0.1, 0.15) is 23.0 Å². The molecule has 0 atom stereocenters. The van der Waals surface area contributed by atoms with Crippen molar-refractivity contribution in [2.24, 2.45) is 0 Å². The summed E-state index contributed by atoms with van der Waals surface area (Å²) in [4.78, 5) is 7.85. The third-order valence-corrected chi connectivity index (χ3v) is 2.60. The van der Waals surface area contributed by atoms with Crippen LogP contribution in [0.1, 0.15) is 11.1 Å². The molecule has 0 radical (unpaired) electrons. The molecule has 1 aromatic carbocycles. The van der Waals surface area contributed by atoms with Crippen LogP contribution < -0.4 is 5.32 Å². The van der Waals surface area contributed by atoms with Crippen LogP contribution in [0.5, 0.6) is 5.75 Å². The lowest BCUT2D eigenvalue weighted by atomic mass is 10.1. The van der Waals surface area contributed by atoms with E-state index in [4.69, 9.17) is 11.6 Å². The predicted octanol–water partition coefficient (Wildman–Crippen LogP) is 3.20. The zero-order valence-corrected chi connectivity index (χ0v) is 10.3. The molecule has 2 aromatic rings. The Labute approximate surface area is 104 Å². The molecular formula is C12H12ClN3O. The van der Waals surface area contributed by atoms with Gasteiger partial charge in [-0.15, -0.1) is 0 Å². The van der Waals surface area contributed by atoms with Gasteiger partial charge >= 0.3 is 0 Å². The second-order valence-electron chi connectivity index (χ2n) is 3.81. The first-order chi connectivity index (χ1) is 8.06. The highest BCUT2D eigenvalue weighted by Gasteiger charge is 2.04. The van der Waals surface area contributed by atoms with Gasteiger partial charge in [-0.1, -0.05) is 11.6 Å². The first kappa shape index (κ1) is 11.7. The van der Waals surface area contributed by atoms with Gasteiger partial charge in [0.25, 0.3) is 0 Å². The number of aryl methyl sites for hydroxylation is 2. The van der Waals surface area contributed by atoms with Crippen LogP contribution >= 0.6 is 11.6 Å². The maximum Gasteiger partial charge on any atom is 0.135 e. The molecule has 0 aliphatic heterocycles. The lowest BCUT2D eigenvalue weighted by molar-refractivity contribution is 0.467. The third-order valence-electron chi connectivity index (χ3n) is 2.40. The number of hydrogen-bond donors (Lipinski definition) is 2.